The van der Waals surface area contributed by atoms with Crippen molar-refractivity contribution >= 4 is 50.9 Å². The number of hydrogen-bond donors (Lipinski definition) is 2. The van der Waals surface area contributed by atoms with Gasteiger partial charge in [-0.05, 0) is 49.3 Å². The van der Waals surface area contributed by atoms with Crippen molar-refractivity contribution in [3.8, 4) is 0 Å². The standard InChI is InChI=1S/C31H44N4O3S2/c1-4-22-9-10-26-28(17-22)40-30(33-26)19-24(18-29(37)32-3)31(38)34-25(23-7-5-6-8-23)11-12-27(36)21(2)20-35-13-15-39-16-14-35/h9-10,17,23-25H,2,4-8,11-16,18-20H2,1,3H3,(H,32,37)(H,34,38)/t24-,25+/m0/s1. The van der Waals surface area contributed by atoms with E-state index in [1.54, 1.807) is 18.4 Å². The summed E-state index contributed by atoms with van der Waals surface area (Å²) >= 11 is 3.55. The van der Waals surface area contributed by atoms with Gasteiger partial charge in [0, 0.05) is 69.1 Å². The number of Topliss-reactive ketones (excluding diaryl/α,β-unsaturated/α-hetero) is 1. The molecule has 0 radical (unpaired) electrons. The molecule has 2 aromatic rings. The number of hydrogen-bond acceptors (Lipinski definition) is 7. The molecule has 1 aliphatic carbocycles. The molecule has 0 unspecified atom stereocenters. The van der Waals surface area contributed by atoms with Crippen molar-refractivity contribution in [3.63, 3.8) is 0 Å². The van der Waals surface area contributed by atoms with Crippen LogP contribution in [-0.4, -0.2) is 71.7 Å². The predicted molar refractivity (Wildman–Crippen MR) is 166 cm³/mol. The monoisotopic (exact) mass is 584 g/mol. The minimum absolute atomic E-state index is 0.0761. The summed E-state index contributed by atoms with van der Waals surface area (Å²) in [4.78, 5) is 46.2. The molecule has 0 spiro atoms. The highest BCUT2D eigenvalue weighted by atomic mass is 32.2. The van der Waals surface area contributed by atoms with E-state index in [4.69, 9.17) is 4.98 Å². The van der Waals surface area contributed by atoms with E-state index in [-0.39, 0.29) is 30.1 Å². The Bertz CT molecular complexity index is 1180. The van der Waals surface area contributed by atoms with E-state index >= 15 is 0 Å². The van der Waals surface area contributed by atoms with Gasteiger partial charge >= 0.3 is 0 Å². The van der Waals surface area contributed by atoms with Crippen LogP contribution in [0.4, 0.5) is 0 Å². The van der Waals surface area contributed by atoms with Gasteiger partial charge in [-0.25, -0.2) is 4.98 Å². The maximum absolute atomic E-state index is 13.7. The molecule has 1 saturated carbocycles. The molecule has 2 atom stereocenters. The Kier molecular flexibility index (Phi) is 11.6. The molecule has 0 bridgehead atoms. The number of carbonyl (C=O) groups excluding carboxylic acids is 3. The van der Waals surface area contributed by atoms with Crippen molar-refractivity contribution < 1.29 is 14.4 Å². The second-order valence-electron chi connectivity index (χ2n) is 11.2. The lowest BCUT2D eigenvalue weighted by Crippen LogP contribution is -2.44. The number of carbonyl (C=O) groups is 3. The van der Waals surface area contributed by atoms with Crippen LogP contribution in [0.3, 0.4) is 0 Å². The Morgan fingerprint density at radius 3 is 2.62 bits per heavy atom. The maximum Gasteiger partial charge on any atom is 0.224 e. The molecule has 2 heterocycles. The highest BCUT2D eigenvalue weighted by Gasteiger charge is 2.31. The summed E-state index contributed by atoms with van der Waals surface area (Å²) in [7, 11) is 1.60. The summed E-state index contributed by atoms with van der Waals surface area (Å²) < 4.78 is 1.11. The molecular formula is C31H44N4O3S2. The first-order valence-electron chi connectivity index (χ1n) is 14.8. The Morgan fingerprint density at radius 1 is 1.18 bits per heavy atom. The van der Waals surface area contributed by atoms with Crippen molar-refractivity contribution in [2.24, 2.45) is 11.8 Å². The minimum Gasteiger partial charge on any atom is -0.359 e. The van der Waals surface area contributed by atoms with Crippen LogP contribution in [0.25, 0.3) is 10.2 Å². The molecule has 218 valence electrons. The number of aryl methyl sites for hydroxylation is 1. The summed E-state index contributed by atoms with van der Waals surface area (Å²) in [6, 6.07) is 6.21. The highest BCUT2D eigenvalue weighted by Crippen LogP contribution is 2.31. The van der Waals surface area contributed by atoms with Crippen LogP contribution in [0, 0.1) is 11.8 Å². The van der Waals surface area contributed by atoms with Gasteiger partial charge in [0.2, 0.25) is 11.8 Å². The third kappa shape index (κ3) is 8.63. The van der Waals surface area contributed by atoms with Crippen LogP contribution in [-0.2, 0) is 27.2 Å². The van der Waals surface area contributed by atoms with E-state index in [0.717, 1.165) is 71.9 Å². The highest BCUT2D eigenvalue weighted by molar-refractivity contribution is 7.99. The van der Waals surface area contributed by atoms with Gasteiger partial charge in [0.05, 0.1) is 21.1 Å². The van der Waals surface area contributed by atoms with Crippen molar-refractivity contribution in [1.29, 1.82) is 0 Å². The largest absolute Gasteiger partial charge is 0.359 e. The number of rotatable bonds is 14. The first kappa shape index (κ1) is 30.7. The van der Waals surface area contributed by atoms with E-state index in [1.165, 1.54) is 5.56 Å². The van der Waals surface area contributed by atoms with Crippen molar-refractivity contribution in [2.75, 3.05) is 38.2 Å². The molecule has 40 heavy (non-hydrogen) atoms. The summed E-state index contributed by atoms with van der Waals surface area (Å²) in [6.45, 7) is 8.86. The first-order chi connectivity index (χ1) is 19.4. The van der Waals surface area contributed by atoms with Crippen LogP contribution in [0.15, 0.2) is 30.4 Å². The number of thiazole rings is 1. The van der Waals surface area contributed by atoms with Gasteiger partial charge in [-0.3, -0.25) is 19.3 Å². The molecule has 1 aromatic heterocycles. The Morgan fingerprint density at radius 2 is 1.93 bits per heavy atom. The molecule has 1 aromatic carbocycles. The van der Waals surface area contributed by atoms with Crippen molar-refractivity contribution in [2.45, 2.75) is 70.8 Å². The molecule has 7 nitrogen and oxygen atoms in total. The number of nitrogens with one attached hydrogen (secondary N) is 2. The molecule has 2 fully saturated rings. The zero-order valence-electron chi connectivity index (χ0n) is 24.0. The lowest BCUT2D eigenvalue weighted by molar-refractivity contribution is -0.131. The topological polar surface area (TPSA) is 91.4 Å². The van der Waals surface area contributed by atoms with E-state index in [2.05, 4.69) is 41.2 Å². The van der Waals surface area contributed by atoms with Crippen molar-refractivity contribution in [3.05, 3.63) is 40.9 Å². The van der Waals surface area contributed by atoms with Crippen LogP contribution in [0.5, 0.6) is 0 Å². The summed E-state index contributed by atoms with van der Waals surface area (Å²) in [6.07, 6.45) is 6.90. The Labute approximate surface area is 246 Å². The molecule has 2 amide bonds. The van der Waals surface area contributed by atoms with E-state index in [1.807, 2.05) is 17.8 Å². The third-order valence-corrected chi connectivity index (χ3v) is 10.3. The van der Waals surface area contributed by atoms with Gasteiger partial charge < -0.3 is 10.6 Å². The first-order valence-corrected chi connectivity index (χ1v) is 16.7. The SMILES string of the molecule is C=C(CN1CCSCC1)C(=O)CC[C@@H](NC(=O)[C@@H](CC(=O)NC)Cc1nc2ccc(CC)cc2s1)C1CCCC1. The maximum atomic E-state index is 13.7. The smallest absolute Gasteiger partial charge is 0.224 e. The lowest BCUT2D eigenvalue weighted by atomic mass is 9.91. The second-order valence-corrected chi connectivity index (χ2v) is 13.5. The summed E-state index contributed by atoms with van der Waals surface area (Å²) in [5, 5.41) is 6.84. The van der Waals surface area contributed by atoms with Gasteiger partial charge in [-0.2, -0.15) is 11.8 Å². The number of nitrogens with zero attached hydrogens (tertiary/aromatic N) is 2. The molecule has 4 rings (SSSR count). The average molecular weight is 585 g/mol. The van der Waals surface area contributed by atoms with Gasteiger partial charge in [0.1, 0.15) is 0 Å². The number of ketones is 1. The number of aromatic nitrogens is 1. The second kappa shape index (κ2) is 15.1. The molecule has 9 heteroatoms. The molecule has 2 aliphatic rings. The number of thioether (sulfide) groups is 1. The van der Waals surface area contributed by atoms with Crippen LogP contribution in [0.2, 0.25) is 0 Å². The summed E-state index contributed by atoms with van der Waals surface area (Å²) in [5.74, 6) is 1.87. The fourth-order valence-corrected chi connectivity index (χ4v) is 7.87. The number of fused-ring (bicyclic) bond motifs is 1. The van der Waals surface area contributed by atoms with Gasteiger partial charge in [0.15, 0.2) is 5.78 Å². The third-order valence-electron chi connectivity index (χ3n) is 8.30. The fourth-order valence-electron chi connectivity index (χ4n) is 5.78. The van der Waals surface area contributed by atoms with Crippen LogP contribution < -0.4 is 10.6 Å². The van der Waals surface area contributed by atoms with Gasteiger partial charge in [0.25, 0.3) is 0 Å². The van der Waals surface area contributed by atoms with Crippen LogP contribution >= 0.6 is 23.1 Å². The number of amides is 2. The zero-order chi connectivity index (χ0) is 28.5. The molecule has 1 saturated heterocycles. The van der Waals surface area contributed by atoms with E-state index < -0.39 is 5.92 Å². The van der Waals surface area contributed by atoms with E-state index in [9.17, 15) is 14.4 Å². The van der Waals surface area contributed by atoms with Crippen LogP contribution in [0.1, 0.15) is 62.4 Å². The lowest BCUT2D eigenvalue weighted by Gasteiger charge is -2.28. The number of benzene rings is 1. The summed E-state index contributed by atoms with van der Waals surface area (Å²) in [5.41, 5.74) is 2.86. The zero-order valence-corrected chi connectivity index (χ0v) is 25.6. The normalized spacial score (nSPS) is 17.9. The predicted octanol–water partition coefficient (Wildman–Crippen LogP) is 4.78. The fraction of sp³-hybridized carbons (Fsp3) is 0.613. The van der Waals surface area contributed by atoms with Crippen molar-refractivity contribution in [1.82, 2.24) is 20.5 Å². The van der Waals surface area contributed by atoms with E-state index in [0.29, 0.717) is 37.3 Å². The minimum atomic E-state index is -0.516. The van der Waals surface area contributed by atoms with Gasteiger partial charge in [-0.15, -0.1) is 11.3 Å². The quantitative estimate of drug-likeness (QED) is 0.311. The molecule has 2 N–H and O–H groups in total. The average Bonchev–Trinajstić information content (AvgIpc) is 3.64. The van der Waals surface area contributed by atoms with Gasteiger partial charge in [-0.1, -0.05) is 32.4 Å². The molecule has 1 aliphatic heterocycles. The molecular weight excluding hydrogens is 541 g/mol. The Balaban J connectivity index is 1.41. The Hall–Kier alpha value is -2.23.